The Morgan fingerprint density at radius 3 is 2.70 bits per heavy atom. The molecule has 0 aromatic heterocycles. The third-order valence-electron chi connectivity index (χ3n) is 2.30. The van der Waals surface area contributed by atoms with Gasteiger partial charge in [0.15, 0.2) is 0 Å². The minimum atomic E-state index is -0.0317. The summed E-state index contributed by atoms with van der Waals surface area (Å²) >= 11 is 0. The van der Waals surface area contributed by atoms with E-state index in [2.05, 4.69) is 0 Å². The molecule has 2 heteroatoms. The van der Waals surface area contributed by atoms with Gasteiger partial charge in [-0.15, -0.1) is 0 Å². The molecule has 2 N–H and O–H groups in total. The highest BCUT2D eigenvalue weighted by molar-refractivity contribution is 4.74. The highest BCUT2D eigenvalue weighted by atomic mass is 16.3. The molecular weight excluding hydrogens is 126 g/mol. The van der Waals surface area contributed by atoms with Crippen LogP contribution < -0.4 is 5.73 Å². The number of nitrogens with one attached hydrogen (secondary N) is 1. The van der Waals surface area contributed by atoms with E-state index in [1.54, 1.807) is 0 Å². The van der Waals surface area contributed by atoms with E-state index in [1.807, 2.05) is 0 Å². The molecule has 0 aliphatic heterocycles. The van der Waals surface area contributed by atoms with E-state index in [9.17, 15) is 0 Å². The normalized spacial score (nSPS) is 33.0. The van der Waals surface area contributed by atoms with Gasteiger partial charge in [-0.3, -0.25) is 5.73 Å². The second kappa shape index (κ2) is 3.94. The Hall–Kier alpha value is -0.0800. The van der Waals surface area contributed by atoms with E-state index in [0.29, 0.717) is 6.54 Å². The largest absolute Gasteiger partial charge is 0.393 e. The maximum Gasteiger partial charge on any atom is 0.0543 e. The molecule has 0 heterocycles. The van der Waals surface area contributed by atoms with Crippen molar-refractivity contribution in [1.29, 1.82) is 0 Å². The molecule has 10 heavy (non-hydrogen) atoms. The van der Waals surface area contributed by atoms with E-state index in [0.717, 1.165) is 31.6 Å². The van der Waals surface area contributed by atoms with Gasteiger partial charge in [-0.1, -0.05) is 0 Å². The molecule has 1 rings (SSSR count). The van der Waals surface area contributed by atoms with Crippen molar-refractivity contribution in [2.45, 2.75) is 38.2 Å². The summed E-state index contributed by atoms with van der Waals surface area (Å²) in [5.41, 5.74) is 6.95. The topological polar surface area (TPSA) is 44.0 Å². The summed E-state index contributed by atoms with van der Waals surface area (Å²) in [4.78, 5) is 0. The van der Waals surface area contributed by atoms with Gasteiger partial charge in [0.05, 0.1) is 6.10 Å². The summed E-state index contributed by atoms with van der Waals surface area (Å²) in [5, 5.41) is 9.15. The number of hydrogen-bond acceptors (Lipinski definition) is 1. The Morgan fingerprint density at radius 2 is 2.20 bits per heavy atom. The maximum atomic E-state index is 9.15. The SMILES string of the molecule is [NH]CCCC1CCC(O)C1. The second-order valence-corrected chi connectivity index (χ2v) is 3.23. The van der Waals surface area contributed by atoms with Crippen LogP contribution >= 0.6 is 0 Å². The van der Waals surface area contributed by atoms with Crippen LogP contribution in [0.2, 0.25) is 0 Å². The van der Waals surface area contributed by atoms with E-state index in [1.165, 1.54) is 6.42 Å². The third-order valence-corrected chi connectivity index (χ3v) is 2.30. The molecule has 1 fully saturated rings. The van der Waals surface area contributed by atoms with Gasteiger partial charge in [0.25, 0.3) is 0 Å². The summed E-state index contributed by atoms with van der Waals surface area (Å²) in [7, 11) is 0. The number of aliphatic hydroxyl groups is 1. The zero-order chi connectivity index (χ0) is 7.40. The quantitative estimate of drug-likeness (QED) is 0.632. The van der Waals surface area contributed by atoms with Crippen LogP contribution in [0.5, 0.6) is 0 Å². The lowest BCUT2D eigenvalue weighted by molar-refractivity contribution is 0.176. The van der Waals surface area contributed by atoms with Crippen LogP contribution in [0.4, 0.5) is 0 Å². The molecule has 0 spiro atoms. The summed E-state index contributed by atoms with van der Waals surface area (Å²) in [6, 6.07) is 0. The summed E-state index contributed by atoms with van der Waals surface area (Å²) in [6.07, 6.45) is 5.29. The predicted octanol–water partition coefficient (Wildman–Crippen LogP) is 1.21. The van der Waals surface area contributed by atoms with Crippen LogP contribution in [0.3, 0.4) is 0 Å². The van der Waals surface area contributed by atoms with Crippen molar-refractivity contribution in [3.63, 3.8) is 0 Å². The van der Waals surface area contributed by atoms with Crippen molar-refractivity contribution in [1.82, 2.24) is 5.73 Å². The van der Waals surface area contributed by atoms with E-state index in [4.69, 9.17) is 10.8 Å². The van der Waals surface area contributed by atoms with Crippen LogP contribution in [-0.4, -0.2) is 17.8 Å². The van der Waals surface area contributed by atoms with Crippen molar-refractivity contribution < 1.29 is 5.11 Å². The Morgan fingerprint density at radius 1 is 1.40 bits per heavy atom. The van der Waals surface area contributed by atoms with Gasteiger partial charge >= 0.3 is 0 Å². The highest BCUT2D eigenvalue weighted by Crippen LogP contribution is 2.28. The maximum absolute atomic E-state index is 9.15. The van der Waals surface area contributed by atoms with Crippen molar-refractivity contribution in [3.8, 4) is 0 Å². The molecular formula is C8H16NO. The summed E-state index contributed by atoms with van der Waals surface area (Å²) in [5.74, 6) is 0.723. The minimum Gasteiger partial charge on any atom is -0.393 e. The third kappa shape index (κ3) is 2.27. The molecule has 0 aromatic carbocycles. The monoisotopic (exact) mass is 142 g/mol. The molecule has 1 saturated carbocycles. The van der Waals surface area contributed by atoms with E-state index in [-0.39, 0.29) is 6.10 Å². The first kappa shape index (κ1) is 8.02. The standard InChI is InChI=1S/C8H16NO/c9-5-1-2-7-3-4-8(10)6-7/h7-10H,1-6H2. The molecule has 1 aliphatic rings. The summed E-state index contributed by atoms with van der Waals surface area (Å²) < 4.78 is 0. The zero-order valence-electron chi connectivity index (χ0n) is 6.34. The molecule has 1 aliphatic carbocycles. The first-order valence-corrected chi connectivity index (χ1v) is 4.15. The lowest BCUT2D eigenvalue weighted by Gasteiger charge is -2.05. The smallest absolute Gasteiger partial charge is 0.0543 e. The first-order chi connectivity index (χ1) is 4.83. The van der Waals surface area contributed by atoms with Gasteiger partial charge in [0, 0.05) is 6.54 Å². The molecule has 0 bridgehead atoms. The van der Waals surface area contributed by atoms with Crippen molar-refractivity contribution in [3.05, 3.63) is 0 Å². The fourth-order valence-electron chi connectivity index (χ4n) is 1.70. The van der Waals surface area contributed by atoms with Crippen molar-refractivity contribution in [2.24, 2.45) is 5.92 Å². The van der Waals surface area contributed by atoms with Crippen LogP contribution in [0.25, 0.3) is 0 Å². The van der Waals surface area contributed by atoms with E-state index < -0.39 is 0 Å². The Bertz CT molecular complexity index is 95.3. The van der Waals surface area contributed by atoms with Crippen molar-refractivity contribution >= 4 is 0 Å². The molecule has 2 unspecified atom stereocenters. The fraction of sp³-hybridized carbons (Fsp3) is 1.00. The van der Waals surface area contributed by atoms with Gasteiger partial charge in [-0.05, 0) is 38.0 Å². The molecule has 0 amide bonds. The Labute approximate surface area is 62.4 Å². The van der Waals surface area contributed by atoms with Gasteiger partial charge < -0.3 is 5.11 Å². The van der Waals surface area contributed by atoms with Crippen LogP contribution in [0.1, 0.15) is 32.1 Å². The summed E-state index contributed by atoms with van der Waals surface area (Å²) in [6.45, 7) is 0.548. The van der Waals surface area contributed by atoms with E-state index >= 15 is 0 Å². The molecule has 0 aromatic rings. The van der Waals surface area contributed by atoms with Gasteiger partial charge in [0.2, 0.25) is 0 Å². The Kier molecular flexibility index (Phi) is 3.16. The van der Waals surface area contributed by atoms with Crippen LogP contribution in [-0.2, 0) is 0 Å². The molecule has 2 nitrogen and oxygen atoms in total. The second-order valence-electron chi connectivity index (χ2n) is 3.23. The zero-order valence-corrected chi connectivity index (χ0v) is 6.34. The minimum absolute atomic E-state index is 0.0317. The average molecular weight is 142 g/mol. The molecule has 59 valence electrons. The first-order valence-electron chi connectivity index (χ1n) is 4.15. The van der Waals surface area contributed by atoms with Gasteiger partial charge in [0.1, 0.15) is 0 Å². The lowest BCUT2D eigenvalue weighted by atomic mass is 10.0. The van der Waals surface area contributed by atoms with Gasteiger partial charge in [-0.25, -0.2) is 0 Å². The van der Waals surface area contributed by atoms with Crippen molar-refractivity contribution in [2.75, 3.05) is 6.54 Å². The number of rotatable bonds is 3. The molecule has 0 saturated heterocycles. The fourth-order valence-corrected chi connectivity index (χ4v) is 1.70. The Balaban J connectivity index is 2.06. The molecule has 1 radical (unpaired) electrons. The number of aliphatic hydroxyl groups excluding tert-OH is 1. The van der Waals surface area contributed by atoms with Crippen LogP contribution in [0, 0.1) is 5.92 Å². The lowest BCUT2D eigenvalue weighted by Crippen LogP contribution is -2.01. The predicted molar refractivity (Wildman–Crippen MR) is 40.5 cm³/mol. The number of hydrogen-bond donors (Lipinski definition) is 1. The molecule has 2 atom stereocenters. The average Bonchev–Trinajstić information content (AvgIpc) is 2.31. The van der Waals surface area contributed by atoms with Gasteiger partial charge in [-0.2, -0.15) is 0 Å². The van der Waals surface area contributed by atoms with Crippen LogP contribution in [0.15, 0.2) is 0 Å². The highest BCUT2D eigenvalue weighted by Gasteiger charge is 2.21.